The number of morpholine rings is 1. The number of rotatable bonds is 6. The quantitative estimate of drug-likeness (QED) is 0.747. The van der Waals surface area contributed by atoms with Gasteiger partial charge < -0.3 is 10.1 Å². The molecule has 2 saturated heterocycles. The molecule has 0 aromatic rings. The van der Waals surface area contributed by atoms with E-state index < -0.39 is 0 Å². The zero-order valence-corrected chi connectivity index (χ0v) is 14.1. The molecule has 2 fully saturated rings. The van der Waals surface area contributed by atoms with Crippen molar-refractivity contribution < 1.29 is 9.53 Å². The average molecular weight is 309 g/mol. The predicted molar refractivity (Wildman–Crippen MR) is 88.8 cm³/mol. The summed E-state index contributed by atoms with van der Waals surface area (Å²) < 4.78 is 5.80. The monoisotopic (exact) mass is 309 g/mol. The van der Waals surface area contributed by atoms with E-state index in [0.29, 0.717) is 25.3 Å². The van der Waals surface area contributed by atoms with Crippen LogP contribution in [-0.2, 0) is 9.53 Å². The fourth-order valence-electron chi connectivity index (χ4n) is 3.57. The van der Waals surface area contributed by atoms with Crippen LogP contribution in [0.25, 0.3) is 0 Å². The van der Waals surface area contributed by atoms with E-state index >= 15 is 0 Å². The Kier molecular flexibility index (Phi) is 6.86. The Morgan fingerprint density at radius 1 is 1.23 bits per heavy atom. The molecule has 0 unspecified atom stereocenters. The van der Waals surface area contributed by atoms with Gasteiger partial charge in [-0.3, -0.25) is 14.6 Å². The molecule has 5 heteroatoms. The average Bonchev–Trinajstić information content (AvgIpc) is 2.46. The summed E-state index contributed by atoms with van der Waals surface area (Å²) in [5.41, 5.74) is 0. The molecular weight excluding hydrogens is 278 g/mol. The lowest BCUT2D eigenvalue weighted by atomic mass is 9.95. The largest absolute Gasteiger partial charge is 0.373 e. The molecule has 2 heterocycles. The van der Waals surface area contributed by atoms with E-state index in [4.69, 9.17) is 4.74 Å². The molecule has 0 spiro atoms. The topological polar surface area (TPSA) is 44.8 Å². The Hall–Kier alpha value is -0.910. The number of amides is 1. The lowest BCUT2D eigenvalue weighted by Gasteiger charge is -2.39. The molecule has 5 nitrogen and oxygen atoms in total. The fraction of sp³-hybridized carbons (Fsp3) is 0.824. The van der Waals surface area contributed by atoms with Crippen LogP contribution in [0.2, 0.25) is 0 Å². The first-order valence-electron chi connectivity index (χ1n) is 8.54. The Morgan fingerprint density at radius 3 is 2.45 bits per heavy atom. The minimum atomic E-state index is 0.106. The van der Waals surface area contributed by atoms with Gasteiger partial charge in [0.05, 0.1) is 18.8 Å². The molecule has 2 aliphatic heterocycles. The maximum absolute atomic E-state index is 11.7. The van der Waals surface area contributed by atoms with Crippen LogP contribution in [0.15, 0.2) is 12.7 Å². The summed E-state index contributed by atoms with van der Waals surface area (Å²) in [6.45, 7) is 14.3. The van der Waals surface area contributed by atoms with E-state index in [1.807, 2.05) is 0 Å². The Bertz CT molecular complexity index is 357. The van der Waals surface area contributed by atoms with Crippen molar-refractivity contribution in [3.63, 3.8) is 0 Å². The van der Waals surface area contributed by atoms with Gasteiger partial charge in [-0.05, 0) is 45.7 Å². The molecule has 2 atom stereocenters. The minimum absolute atomic E-state index is 0.106. The molecular formula is C17H31N3O2. The van der Waals surface area contributed by atoms with E-state index in [2.05, 4.69) is 35.5 Å². The zero-order chi connectivity index (χ0) is 15.9. The minimum Gasteiger partial charge on any atom is -0.373 e. The summed E-state index contributed by atoms with van der Waals surface area (Å²) in [6.07, 6.45) is 4.79. The first-order chi connectivity index (χ1) is 10.6. The van der Waals surface area contributed by atoms with Gasteiger partial charge >= 0.3 is 0 Å². The van der Waals surface area contributed by atoms with Crippen LogP contribution in [0.1, 0.15) is 26.7 Å². The predicted octanol–water partition coefficient (Wildman–Crippen LogP) is 1.11. The van der Waals surface area contributed by atoms with Gasteiger partial charge in [-0.25, -0.2) is 0 Å². The third kappa shape index (κ3) is 5.71. The number of ether oxygens (including phenoxy) is 1. The highest BCUT2D eigenvalue weighted by atomic mass is 16.5. The maximum Gasteiger partial charge on any atom is 0.234 e. The SMILES string of the molecule is C=CCNC(=O)CN1CCC(CN2C[C@@H](C)O[C@@H](C)C2)CC1. The van der Waals surface area contributed by atoms with Crippen molar-refractivity contribution in [3.05, 3.63) is 12.7 Å². The van der Waals surface area contributed by atoms with Crippen molar-refractivity contribution in [2.45, 2.75) is 38.9 Å². The Labute approximate surface area is 134 Å². The first-order valence-corrected chi connectivity index (χ1v) is 8.54. The van der Waals surface area contributed by atoms with E-state index in [-0.39, 0.29) is 5.91 Å². The van der Waals surface area contributed by atoms with Crippen LogP contribution < -0.4 is 5.32 Å². The van der Waals surface area contributed by atoms with E-state index in [1.165, 1.54) is 19.4 Å². The lowest BCUT2D eigenvalue weighted by Crippen LogP contribution is -2.49. The number of hydrogen-bond donors (Lipinski definition) is 1. The maximum atomic E-state index is 11.7. The Balaban J connectivity index is 1.66. The molecule has 126 valence electrons. The molecule has 0 aromatic carbocycles. The fourth-order valence-corrected chi connectivity index (χ4v) is 3.57. The highest BCUT2D eigenvalue weighted by Gasteiger charge is 2.26. The summed E-state index contributed by atoms with van der Waals surface area (Å²) >= 11 is 0. The van der Waals surface area contributed by atoms with Gasteiger partial charge in [0, 0.05) is 26.2 Å². The number of hydrogen-bond acceptors (Lipinski definition) is 4. The Morgan fingerprint density at radius 2 is 1.86 bits per heavy atom. The number of carbonyl (C=O) groups excluding carboxylic acids is 1. The number of nitrogens with one attached hydrogen (secondary N) is 1. The summed E-state index contributed by atoms with van der Waals surface area (Å²) in [5.74, 6) is 0.860. The van der Waals surface area contributed by atoms with Gasteiger partial charge in [-0.1, -0.05) is 6.08 Å². The highest BCUT2D eigenvalue weighted by molar-refractivity contribution is 5.78. The zero-order valence-electron chi connectivity index (χ0n) is 14.1. The standard InChI is InChI=1S/C17H31N3O2/c1-4-7-18-17(21)13-19-8-5-16(6-9-19)12-20-10-14(2)22-15(3)11-20/h4,14-16H,1,5-13H2,2-3H3,(H,18,21)/t14-,15+. The van der Waals surface area contributed by atoms with Crippen LogP contribution >= 0.6 is 0 Å². The third-order valence-electron chi connectivity index (χ3n) is 4.53. The number of carbonyl (C=O) groups is 1. The second-order valence-corrected chi connectivity index (χ2v) is 6.79. The molecule has 0 bridgehead atoms. The van der Waals surface area contributed by atoms with Crippen molar-refractivity contribution in [1.29, 1.82) is 0 Å². The molecule has 0 aliphatic carbocycles. The number of likely N-dealkylation sites (tertiary alicyclic amines) is 1. The second kappa shape index (κ2) is 8.65. The lowest BCUT2D eigenvalue weighted by molar-refractivity contribution is -0.122. The van der Waals surface area contributed by atoms with Gasteiger partial charge in [-0.2, -0.15) is 0 Å². The van der Waals surface area contributed by atoms with Crippen molar-refractivity contribution in [2.24, 2.45) is 5.92 Å². The second-order valence-electron chi connectivity index (χ2n) is 6.79. The van der Waals surface area contributed by atoms with Crippen LogP contribution in [0.3, 0.4) is 0 Å². The van der Waals surface area contributed by atoms with Crippen molar-refractivity contribution >= 4 is 5.91 Å². The van der Waals surface area contributed by atoms with Crippen LogP contribution in [0.4, 0.5) is 0 Å². The smallest absolute Gasteiger partial charge is 0.234 e. The van der Waals surface area contributed by atoms with E-state index in [0.717, 1.165) is 32.1 Å². The van der Waals surface area contributed by atoms with Gasteiger partial charge in [0.15, 0.2) is 0 Å². The van der Waals surface area contributed by atoms with Crippen LogP contribution in [-0.4, -0.2) is 73.7 Å². The van der Waals surface area contributed by atoms with E-state index in [1.54, 1.807) is 6.08 Å². The van der Waals surface area contributed by atoms with Crippen molar-refractivity contribution in [1.82, 2.24) is 15.1 Å². The van der Waals surface area contributed by atoms with Gasteiger partial charge in [-0.15, -0.1) is 6.58 Å². The van der Waals surface area contributed by atoms with Crippen LogP contribution in [0.5, 0.6) is 0 Å². The number of nitrogens with zero attached hydrogens (tertiary/aromatic N) is 2. The molecule has 2 aliphatic rings. The highest BCUT2D eigenvalue weighted by Crippen LogP contribution is 2.20. The molecule has 0 saturated carbocycles. The van der Waals surface area contributed by atoms with Gasteiger partial charge in [0.2, 0.25) is 5.91 Å². The summed E-state index contributed by atoms with van der Waals surface area (Å²) in [6, 6.07) is 0. The number of piperidine rings is 1. The third-order valence-corrected chi connectivity index (χ3v) is 4.53. The first kappa shape index (κ1) is 17.4. The molecule has 2 rings (SSSR count). The van der Waals surface area contributed by atoms with Gasteiger partial charge in [0.25, 0.3) is 0 Å². The van der Waals surface area contributed by atoms with Crippen molar-refractivity contribution in [3.8, 4) is 0 Å². The van der Waals surface area contributed by atoms with E-state index in [9.17, 15) is 4.79 Å². The normalized spacial score (nSPS) is 28.5. The molecule has 0 radical (unpaired) electrons. The molecule has 1 N–H and O–H groups in total. The van der Waals surface area contributed by atoms with Crippen LogP contribution in [0, 0.1) is 5.92 Å². The summed E-state index contributed by atoms with van der Waals surface area (Å²) in [5, 5.41) is 2.85. The summed E-state index contributed by atoms with van der Waals surface area (Å²) in [4.78, 5) is 16.5. The van der Waals surface area contributed by atoms with Crippen molar-refractivity contribution in [2.75, 3.05) is 45.8 Å². The molecule has 1 amide bonds. The van der Waals surface area contributed by atoms with Gasteiger partial charge in [0.1, 0.15) is 0 Å². The molecule has 0 aromatic heterocycles. The molecule has 22 heavy (non-hydrogen) atoms. The summed E-state index contributed by atoms with van der Waals surface area (Å²) in [7, 11) is 0.